The number of furan rings is 1. The molecule has 2 nitrogen and oxygen atoms in total. The summed E-state index contributed by atoms with van der Waals surface area (Å²) in [5.41, 5.74) is 15.4. The molecule has 2 heterocycles. The van der Waals surface area contributed by atoms with Gasteiger partial charge in [-0.05, 0) is 76.6 Å². The summed E-state index contributed by atoms with van der Waals surface area (Å²) < 4.78 is 9.20. The second kappa shape index (κ2) is 8.86. The van der Waals surface area contributed by atoms with Crippen LogP contribution >= 0.6 is 0 Å². The van der Waals surface area contributed by atoms with Crippen molar-refractivity contribution in [2.24, 2.45) is 0 Å². The van der Waals surface area contributed by atoms with Crippen LogP contribution in [0.25, 0.3) is 72.1 Å². The highest BCUT2D eigenvalue weighted by Crippen LogP contribution is 2.51. The van der Waals surface area contributed by atoms with Crippen LogP contribution in [0.3, 0.4) is 0 Å². The molecule has 0 fully saturated rings. The fourth-order valence-corrected chi connectivity index (χ4v) is 8.41. The lowest BCUT2D eigenvalue weighted by molar-refractivity contribution is 0.660. The minimum Gasteiger partial charge on any atom is -0.455 e. The molecular weight excluding hydrogens is 546 g/mol. The van der Waals surface area contributed by atoms with Crippen LogP contribution in [0, 0.1) is 0 Å². The van der Waals surface area contributed by atoms with Crippen molar-refractivity contribution < 1.29 is 4.42 Å². The van der Waals surface area contributed by atoms with Crippen LogP contribution in [0.1, 0.15) is 48.2 Å². The van der Waals surface area contributed by atoms with Crippen molar-refractivity contribution in [3.8, 4) is 16.8 Å². The zero-order valence-electron chi connectivity index (χ0n) is 25.4. The first kappa shape index (κ1) is 25.0. The van der Waals surface area contributed by atoms with Crippen LogP contribution in [0.4, 0.5) is 0 Å². The molecule has 8 aromatic rings. The molecule has 45 heavy (non-hydrogen) atoms. The lowest BCUT2D eigenvalue weighted by atomic mass is 9.81. The van der Waals surface area contributed by atoms with E-state index in [2.05, 4.69) is 146 Å². The first-order valence-electron chi connectivity index (χ1n) is 16.0. The van der Waals surface area contributed by atoms with Gasteiger partial charge in [0.1, 0.15) is 11.2 Å². The molecule has 0 saturated carbocycles. The molecule has 6 aromatic carbocycles. The van der Waals surface area contributed by atoms with E-state index in [0.29, 0.717) is 0 Å². The Kier molecular flexibility index (Phi) is 4.93. The van der Waals surface area contributed by atoms with Crippen LogP contribution in [0.15, 0.2) is 126 Å². The van der Waals surface area contributed by atoms with Gasteiger partial charge in [-0.1, -0.05) is 111 Å². The van der Waals surface area contributed by atoms with E-state index in [-0.39, 0.29) is 5.41 Å². The molecule has 0 saturated heterocycles. The van der Waals surface area contributed by atoms with Gasteiger partial charge in [0.25, 0.3) is 0 Å². The van der Waals surface area contributed by atoms with Crippen LogP contribution in [0.2, 0.25) is 0 Å². The molecule has 0 unspecified atom stereocenters. The molecule has 10 rings (SSSR count). The summed E-state index contributed by atoms with van der Waals surface area (Å²) >= 11 is 0. The van der Waals surface area contributed by atoms with Crippen molar-refractivity contribution in [2.45, 2.75) is 32.1 Å². The third-order valence-corrected chi connectivity index (χ3v) is 10.5. The summed E-state index contributed by atoms with van der Waals surface area (Å²) in [7, 11) is 0. The van der Waals surface area contributed by atoms with Crippen LogP contribution in [-0.2, 0) is 11.8 Å². The van der Waals surface area contributed by atoms with Crippen LogP contribution < -0.4 is 0 Å². The number of hydrogen-bond donors (Lipinski definition) is 0. The molecule has 2 heteroatoms. The summed E-state index contributed by atoms with van der Waals surface area (Å²) in [6.07, 6.45) is 4.46. The quantitative estimate of drug-likeness (QED) is 0.200. The molecule has 0 amide bonds. The maximum atomic E-state index is 6.67. The van der Waals surface area contributed by atoms with Gasteiger partial charge in [-0.2, -0.15) is 0 Å². The monoisotopic (exact) mass is 577 g/mol. The van der Waals surface area contributed by atoms with Crippen molar-refractivity contribution in [3.05, 3.63) is 149 Å². The smallest absolute Gasteiger partial charge is 0.144 e. The van der Waals surface area contributed by atoms with Gasteiger partial charge >= 0.3 is 0 Å². The Balaban J connectivity index is 1.30. The summed E-state index contributed by atoms with van der Waals surface area (Å²) in [5, 5.41) is 6.07. The van der Waals surface area contributed by atoms with Crippen LogP contribution in [-0.4, -0.2) is 4.57 Å². The molecule has 2 aliphatic rings. The summed E-state index contributed by atoms with van der Waals surface area (Å²) in [6.45, 7) is 4.74. The standard InChI is InChI=1S/C43H31NO/c1-43(2)35-18-10-8-14-29(35)30-22-20-27(25-36(30)43)26-21-23-37-34(24-26)39-40-33-17-9-11-19-38(33)45-42(40)32-16-7-6-15-31(32)41(39)44(37)28-12-4-3-5-13-28/h3-20,22,24-25H,21,23H2,1-2H3. The third-order valence-electron chi connectivity index (χ3n) is 10.5. The molecule has 2 aliphatic carbocycles. The summed E-state index contributed by atoms with van der Waals surface area (Å²) in [5.74, 6) is 0. The fraction of sp³-hybridized carbons (Fsp3) is 0.116. The highest BCUT2D eigenvalue weighted by Gasteiger charge is 2.35. The summed E-state index contributed by atoms with van der Waals surface area (Å²) in [4.78, 5) is 0. The van der Waals surface area contributed by atoms with E-state index in [1.165, 1.54) is 77.4 Å². The number of rotatable bonds is 2. The van der Waals surface area contributed by atoms with E-state index in [9.17, 15) is 0 Å². The van der Waals surface area contributed by atoms with Crippen LogP contribution in [0.5, 0.6) is 0 Å². The summed E-state index contributed by atoms with van der Waals surface area (Å²) in [6, 6.07) is 44.2. The molecule has 0 spiro atoms. The zero-order valence-corrected chi connectivity index (χ0v) is 25.4. The highest BCUT2D eigenvalue weighted by molar-refractivity contribution is 6.32. The average molecular weight is 578 g/mol. The van der Waals surface area contributed by atoms with E-state index < -0.39 is 0 Å². The van der Waals surface area contributed by atoms with Crippen molar-refractivity contribution in [3.63, 3.8) is 0 Å². The Morgan fingerprint density at radius 1 is 0.622 bits per heavy atom. The maximum absolute atomic E-state index is 6.67. The number of fused-ring (bicyclic) bond motifs is 13. The molecule has 214 valence electrons. The van der Waals surface area contributed by atoms with Crippen molar-refractivity contribution in [2.75, 3.05) is 0 Å². The van der Waals surface area contributed by atoms with Crippen molar-refractivity contribution in [1.82, 2.24) is 4.57 Å². The number of hydrogen-bond acceptors (Lipinski definition) is 1. The fourth-order valence-electron chi connectivity index (χ4n) is 8.41. The van der Waals surface area contributed by atoms with Gasteiger partial charge in [-0.25, -0.2) is 0 Å². The Labute approximate surface area is 261 Å². The molecule has 0 N–H and O–H groups in total. The number of nitrogens with zero attached hydrogens (tertiary/aromatic N) is 1. The van der Waals surface area contributed by atoms with E-state index in [1.54, 1.807) is 0 Å². The van der Waals surface area contributed by atoms with Gasteiger partial charge < -0.3 is 8.98 Å². The Morgan fingerprint density at radius 2 is 1.33 bits per heavy atom. The first-order chi connectivity index (χ1) is 22.1. The lowest BCUT2D eigenvalue weighted by Crippen LogP contribution is -2.15. The second-order valence-electron chi connectivity index (χ2n) is 13.2. The number of benzene rings is 6. The van der Waals surface area contributed by atoms with E-state index in [1.807, 2.05) is 0 Å². The van der Waals surface area contributed by atoms with Gasteiger partial charge in [0, 0.05) is 49.3 Å². The number of allylic oxidation sites excluding steroid dienone is 1. The average Bonchev–Trinajstić information content (AvgIpc) is 3.71. The number of aromatic nitrogens is 1. The van der Waals surface area contributed by atoms with E-state index >= 15 is 0 Å². The molecule has 0 bridgehead atoms. The maximum Gasteiger partial charge on any atom is 0.144 e. The minimum absolute atomic E-state index is 0.0214. The molecule has 0 atom stereocenters. The second-order valence-corrected chi connectivity index (χ2v) is 13.2. The van der Waals surface area contributed by atoms with Gasteiger partial charge in [0.2, 0.25) is 0 Å². The van der Waals surface area contributed by atoms with E-state index in [0.717, 1.165) is 29.4 Å². The van der Waals surface area contributed by atoms with Gasteiger partial charge in [0.15, 0.2) is 0 Å². The minimum atomic E-state index is -0.0214. The predicted molar refractivity (Wildman–Crippen MR) is 188 cm³/mol. The highest BCUT2D eigenvalue weighted by atomic mass is 16.3. The lowest BCUT2D eigenvalue weighted by Gasteiger charge is -2.23. The normalized spacial score (nSPS) is 15.0. The van der Waals surface area contributed by atoms with Gasteiger partial charge in [0.05, 0.1) is 5.52 Å². The zero-order chi connectivity index (χ0) is 29.9. The SMILES string of the molecule is CC1(C)c2ccccc2-c2ccc(C3=Cc4c(n(-c5ccccc5)c5c6ccccc6c6oc7ccccc7c6c45)CC3)cc21. The largest absolute Gasteiger partial charge is 0.455 e. The van der Waals surface area contributed by atoms with Crippen molar-refractivity contribution >= 4 is 55.3 Å². The Hall–Kier alpha value is -5.34. The Bertz CT molecular complexity index is 2560. The molecular formula is C43H31NO. The third kappa shape index (κ3) is 3.29. The number of para-hydroxylation sites is 2. The molecule has 2 aromatic heterocycles. The topological polar surface area (TPSA) is 18.1 Å². The molecule has 0 aliphatic heterocycles. The first-order valence-corrected chi connectivity index (χ1v) is 16.0. The molecule has 0 radical (unpaired) electrons. The van der Waals surface area contributed by atoms with E-state index in [4.69, 9.17) is 4.42 Å². The van der Waals surface area contributed by atoms with Gasteiger partial charge in [-0.3, -0.25) is 0 Å². The van der Waals surface area contributed by atoms with Crippen molar-refractivity contribution in [1.29, 1.82) is 0 Å². The van der Waals surface area contributed by atoms with Gasteiger partial charge in [-0.15, -0.1) is 0 Å². The predicted octanol–water partition coefficient (Wildman–Crippen LogP) is 11.5. The Morgan fingerprint density at radius 3 is 2.20 bits per heavy atom.